The first-order chi connectivity index (χ1) is 14.8. The number of carbonyl (C=O) groups is 3. The van der Waals surface area contributed by atoms with Crippen molar-refractivity contribution in [2.24, 2.45) is 11.7 Å². The number of alkyl carbamates (subject to hydrolysis) is 1. The predicted octanol–water partition coefficient (Wildman–Crippen LogP) is 2.25. The number of phenolic OH excluding ortho intramolecular Hbond substituents is 1. The van der Waals surface area contributed by atoms with E-state index in [1.807, 2.05) is 44.2 Å². The second kappa shape index (κ2) is 11.6. The Morgan fingerprint density at radius 1 is 1.00 bits per heavy atom. The van der Waals surface area contributed by atoms with Gasteiger partial charge in [0.15, 0.2) is 0 Å². The van der Waals surface area contributed by atoms with E-state index in [-0.39, 0.29) is 24.7 Å². The summed E-state index contributed by atoms with van der Waals surface area (Å²) in [7, 11) is 0. The minimum atomic E-state index is -0.967. The minimum Gasteiger partial charge on any atom is -0.508 e. The average molecular weight is 428 g/mol. The van der Waals surface area contributed by atoms with Gasteiger partial charge in [-0.15, -0.1) is 0 Å². The fraction of sp³-hybridized carbons (Fsp3) is 0.348. The van der Waals surface area contributed by atoms with E-state index in [2.05, 4.69) is 10.6 Å². The Hall–Kier alpha value is -3.55. The third-order valence-corrected chi connectivity index (χ3v) is 5.02. The third kappa shape index (κ3) is 7.65. The maximum absolute atomic E-state index is 12.9. The number of phenols is 1. The summed E-state index contributed by atoms with van der Waals surface area (Å²) in [5.41, 5.74) is 7.01. The van der Waals surface area contributed by atoms with Crippen LogP contribution in [0, 0.1) is 5.92 Å². The van der Waals surface area contributed by atoms with Crippen LogP contribution in [0.2, 0.25) is 0 Å². The van der Waals surface area contributed by atoms with Crippen molar-refractivity contribution >= 4 is 17.9 Å². The first-order valence-corrected chi connectivity index (χ1v) is 10.1. The summed E-state index contributed by atoms with van der Waals surface area (Å²) < 4.78 is 5.22. The number of carbonyl (C=O) groups excluding carboxylic acids is 3. The van der Waals surface area contributed by atoms with E-state index >= 15 is 0 Å². The molecule has 0 heterocycles. The van der Waals surface area contributed by atoms with Gasteiger partial charge in [-0.1, -0.05) is 62.7 Å². The van der Waals surface area contributed by atoms with Crippen LogP contribution in [0.25, 0.3) is 0 Å². The molecule has 166 valence electrons. The number of amides is 3. The summed E-state index contributed by atoms with van der Waals surface area (Å²) in [6, 6.07) is 13.6. The SMILES string of the molecule is CC[C@@H](C)[C@H](NC(=O)OCc1ccccc1)C(=O)N[C@@H](Cc1ccc(O)cc1)C(N)=O. The van der Waals surface area contributed by atoms with E-state index in [1.54, 1.807) is 12.1 Å². The van der Waals surface area contributed by atoms with Crippen LogP contribution in [0.5, 0.6) is 5.75 Å². The largest absolute Gasteiger partial charge is 0.508 e. The molecule has 0 aliphatic rings. The molecule has 3 atom stereocenters. The van der Waals surface area contributed by atoms with Gasteiger partial charge >= 0.3 is 6.09 Å². The minimum absolute atomic E-state index is 0.0757. The van der Waals surface area contributed by atoms with Crippen LogP contribution in [0.4, 0.5) is 4.79 Å². The molecule has 2 aromatic carbocycles. The fourth-order valence-electron chi connectivity index (χ4n) is 2.95. The molecule has 8 nitrogen and oxygen atoms in total. The number of primary amides is 1. The van der Waals surface area contributed by atoms with Crippen molar-refractivity contribution in [1.29, 1.82) is 0 Å². The lowest BCUT2D eigenvalue weighted by atomic mass is 9.97. The molecule has 31 heavy (non-hydrogen) atoms. The number of ether oxygens (including phenoxy) is 1. The molecule has 2 aromatic rings. The highest BCUT2D eigenvalue weighted by Crippen LogP contribution is 2.13. The summed E-state index contributed by atoms with van der Waals surface area (Å²) in [6.45, 7) is 3.79. The van der Waals surface area contributed by atoms with Crippen LogP contribution >= 0.6 is 0 Å². The van der Waals surface area contributed by atoms with Crippen LogP contribution in [-0.2, 0) is 27.4 Å². The Kier molecular flexibility index (Phi) is 8.87. The van der Waals surface area contributed by atoms with Crippen molar-refractivity contribution in [1.82, 2.24) is 10.6 Å². The van der Waals surface area contributed by atoms with Gasteiger partial charge in [0.1, 0.15) is 24.4 Å². The molecule has 0 aromatic heterocycles. The van der Waals surface area contributed by atoms with Crippen molar-refractivity contribution in [2.75, 3.05) is 0 Å². The van der Waals surface area contributed by atoms with E-state index in [1.165, 1.54) is 12.1 Å². The molecular formula is C23H29N3O5. The molecule has 5 N–H and O–H groups in total. The van der Waals surface area contributed by atoms with Crippen molar-refractivity contribution in [3.63, 3.8) is 0 Å². The first-order valence-electron chi connectivity index (χ1n) is 10.1. The van der Waals surface area contributed by atoms with Gasteiger partial charge in [-0.25, -0.2) is 4.79 Å². The normalized spacial score (nSPS) is 13.5. The van der Waals surface area contributed by atoms with Gasteiger partial charge in [0.2, 0.25) is 11.8 Å². The topological polar surface area (TPSA) is 131 Å². The zero-order valence-corrected chi connectivity index (χ0v) is 17.7. The zero-order valence-electron chi connectivity index (χ0n) is 17.7. The van der Waals surface area contributed by atoms with Crippen LogP contribution in [0.3, 0.4) is 0 Å². The van der Waals surface area contributed by atoms with Crippen molar-refractivity contribution < 1.29 is 24.2 Å². The van der Waals surface area contributed by atoms with Gasteiger partial charge in [0, 0.05) is 6.42 Å². The van der Waals surface area contributed by atoms with Gasteiger partial charge < -0.3 is 26.2 Å². The Morgan fingerprint density at radius 3 is 2.23 bits per heavy atom. The van der Waals surface area contributed by atoms with Crippen molar-refractivity contribution in [2.45, 2.75) is 45.4 Å². The molecule has 0 saturated heterocycles. The molecule has 0 fully saturated rings. The number of nitrogens with two attached hydrogens (primary N) is 1. The second-order valence-electron chi connectivity index (χ2n) is 7.40. The highest BCUT2D eigenvalue weighted by atomic mass is 16.5. The number of hydrogen-bond acceptors (Lipinski definition) is 5. The summed E-state index contributed by atoms with van der Waals surface area (Å²) in [5, 5.41) is 14.6. The van der Waals surface area contributed by atoms with E-state index < -0.39 is 30.0 Å². The lowest BCUT2D eigenvalue weighted by molar-refractivity contribution is -0.129. The Labute approximate surface area is 181 Å². The molecule has 0 aliphatic heterocycles. The lowest BCUT2D eigenvalue weighted by Crippen LogP contribution is -2.55. The summed E-state index contributed by atoms with van der Waals surface area (Å²) in [5.74, 6) is -1.32. The summed E-state index contributed by atoms with van der Waals surface area (Å²) in [6.07, 6.45) is 0.0574. The monoisotopic (exact) mass is 427 g/mol. The number of benzene rings is 2. The molecule has 0 aliphatic carbocycles. The quantitative estimate of drug-likeness (QED) is 0.462. The van der Waals surface area contributed by atoms with Gasteiger partial charge in [0.05, 0.1) is 0 Å². The van der Waals surface area contributed by atoms with Gasteiger partial charge in [-0.2, -0.15) is 0 Å². The lowest BCUT2D eigenvalue weighted by Gasteiger charge is -2.25. The number of rotatable bonds is 10. The number of nitrogens with one attached hydrogen (secondary N) is 2. The van der Waals surface area contributed by atoms with Crippen molar-refractivity contribution in [3.05, 3.63) is 65.7 Å². The van der Waals surface area contributed by atoms with Crippen molar-refractivity contribution in [3.8, 4) is 5.75 Å². The highest BCUT2D eigenvalue weighted by molar-refractivity contribution is 5.91. The molecule has 0 saturated carbocycles. The number of hydrogen-bond donors (Lipinski definition) is 4. The molecule has 2 rings (SSSR count). The maximum atomic E-state index is 12.9. The van der Waals surface area contributed by atoms with E-state index in [0.717, 1.165) is 11.1 Å². The van der Waals surface area contributed by atoms with Gasteiger partial charge in [-0.05, 0) is 29.2 Å². The maximum Gasteiger partial charge on any atom is 0.408 e. The molecule has 0 bridgehead atoms. The molecule has 0 radical (unpaired) electrons. The molecule has 3 amide bonds. The standard InChI is InChI=1S/C23H29N3O5/c1-3-15(2)20(26-23(30)31-14-17-7-5-4-6-8-17)22(29)25-19(21(24)28)13-16-9-11-18(27)12-10-16/h4-12,15,19-20,27H,3,13-14H2,1-2H3,(H2,24,28)(H,25,29)(H,26,30)/t15-,19+,20+/m1/s1. The van der Waals surface area contributed by atoms with Crippen LogP contribution in [0.1, 0.15) is 31.4 Å². The smallest absolute Gasteiger partial charge is 0.408 e. The van der Waals surface area contributed by atoms with Crippen LogP contribution in [-0.4, -0.2) is 35.1 Å². The summed E-state index contributed by atoms with van der Waals surface area (Å²) in [4.78, 5) is 37.0. The predicted molar refractivity (Wildman–Crippen MR) is 116 cm³/mol. The average Bonchev–Trinajstić information content (AvgIpc) is 2.77. The summed E-state index contributed by atoms with van der Waals surface area (Å²) >= 11 is 0. The fourth-order valence-corrected chi connectivity index (χ4v) is 2.95. The third-order valence-electron chi connectivity index (χ3n) is 5.02. The molecular weight excluding hydrogens is 398 g/mol. The Morgan fingerprint density at radius 2 is 1.65 bits per heavy atom. The highest BCUT2D eigenvalue weighted by Gasteiger charge is 2.29. The van der Waals surface area contributed by atoms with Gasteiger partial charge in [-0.3, -0.25) is 9.59 Å². The van der Waals surface area contributed by atoms with Gasteiger partial charge in [0.25, 0.3) is 0 Å². The second-order valence-corrected chi connectivity index (χ2v) is 7.40. The Bertz CT molecular complexity index is 871. The van der Waals surface area contributed by atoms with Crippen LogP contribution < -0.4 is 16.4 Å². The van der Waals surface area contributed by atoms with Crippen LogP contribution in [0.15, 0.2) is 54.6 Å². The Balaban J connectivity index is 2.01. The number of aromatic hydroxyl groups is 1. The molecule has 0 spiro atoms. The van der Waals surface area contributed by atoms with E-state index in [0.29, 0.717) is 6.42 Å². The van der Waals surface area contributed by atoms with E-state index in [4.69, 9.17) is 10.5 Å². The molecule has 0 unspecified atom stereocenters. The first kappa shape index (κ1) is 23.7. The van der Waals surface area contributed by atoms with E-state index in [9.17, 15) is 19.5 Å². The zero-order chi connectivity index (χ0) is 22.8. The molecule has 8 heteroatoms.